The lowest BCUT2D eigenvalue weighted by Gasteiger charge is -2.15. The highest BCUT2D eigenvalue weighted by atomic mass is 16.5. The quantitative estimate of drug-likeness (QED) is 0.672. The number of rotatable bonds is 9. The van der Waals surface area contributed by atoms with E-state index in [9.17, 15) is 19.5 Å². The number of carbonyl (C=O) groups is 3. The Kier molecular flexibility index (Phi) is 7.05. The van der Waals surface area contributed by atoms with Crippen LogP contribution in [0.25, 0.3) is 0 Å². The van der Waals surface area contributed by atoms with E-state index in [0.29, 0.717) is 23.3 Å². The summed E-state index contributed by atoms with van der Waals surface area (Å²) in [7, 11) is 0. The zero-order chi connectivity index (χ0) is 18.9. The first-order chi connectivity index (χ1) is 12.5. The average molecular weight is 355 g/mol. The third-order valence-corrected chi connectivity index (χ3v) is 3.76. The number of carboxylic acid groups (broad SMARTS) is 1. The first-order valence-electron chi connectivity index (χ1n) is 8.30. The van der Waals surface area contributed by atoms with Crippen molar-refractivity contribution in [1.82, 2.24) is 5.32 Å². The minimum atomic E-state index is -1.13. The van der Waals surface area contributed by atoms with Gasteiger partial charge in [-0.2, -0.15) is 0 Å². The van der Waals surface area contributed by atoms with Gasteiger partial charge in [-0.25, -0.2) is 4.79 Å². The van der Waals surface area contributed by atoms with E-state index >= 15 is 0 Å². The van der Waals surface area contributed by atoms with Crippen LogP contribution in [-0.4, -0.2) is 42.0 Å². The van der Waals surface area contributed by atoms with E-state index in [1.54, 1.807) is 55.5 Å². The maximum atomic E-state index is 12.4. The molecule has 0 aliphatic rings. The first-order valence-corrected chi connectivity index (χ1v) is 8.30. The highest BCUT2D eigenvalue weighted by molar-refractivity contribution is 6.08. The molecule has 1 atom stereocenters. The summed E-state index contributed by atoms with van der Waals surface area (Å²) in [5.41, 5.74) is 1.82. The molecule has 0 fully saturated rings. The second-order valence-corrected chi connectivity index (χ2v) is 5.69. The van der Waals surface area contributed by atoms with Gasteiger partial charge < -0.3 is 15.2 Å². The lowest BCUT2D eigenvalue weighted by atomic mass is 9.99. The van der Waals surface area contributed by atoms with Crippen LogP contribution in [0.2, 0.25) is 0 Å². The molecular formula is C20H21NO5. The van der Waals surface area contributed by atoms with Gasteiger partial charge in [-0.1, -0.05) is 54.6 Å². The van der Waals surface area contributed by atoms with E-state index in [1.807, 2.05) is 6.07 Å². The standard InChI is InChI=1S/C20H21NO5/c1-2-26-13-18(22)21-17(20(24)25)12-14-8-10-16(11-9-14)19(23)15-6-4-3-5-7-15/h3-11,17H,2,12-13H2,1H3,(H,21,22)(H,24,25)/t17-/m1/s1. The lowest BCUT2D eigenvalue weighted by Crippen LogP contribution is -2.43. The molecule has 0 unspecified atom stereocenters. The van der Waals surface area contributed by atoms with Crippen LogP contribution in [-0.2, 0) is 20.7 Å². The van der Waals surface area contributed by atoms with E-state index < -0.39 is 17.9 Å². The van der Waals surface area contributed by atoms with Crippen molar-refractivity contribution in [2.45, 2.75) is 19.4 Å². The number of aliphatic carboxylic acids is 1. The molecule has 2 rings (SSSR count). The summed E-state index contributed by atoms with van der Waals surface area (Å²) in [6, 6.07) is 14.6. The van der Waals surface area contributed by atoms with Gasteiger partial charge in [-0.05, 0) is 12.5 Å². The fourth-order valence-electron chi connectivity index (χ4n) is 2.41. The summed E-state index contributed by atoms with van der Waals surface area (Å²) >= 11 is 0. The Morgan fingerprint density at radius 2 is 1.62 bits per heavy atom. The van der Waals surface area contributed by atoms with Crippen molar-refractivity contribution in [3.8, 4) is 0 Å². The van der Waals surface area contributed by atoms with Gasteiger partial charge in [0.1, 0.15) is 12.6 Å². The van der Waals surface area contributed by atoms with Crippen molar-refractivity contribution in [1.29, 1.82) is 0 Å². The molecule has 0 saturated carbocycles. The van der Waals surface area contributed by atoms with Crippen LogP contribution in [0, 0.1) is 0 Å². The molecule has 6 nitrogen and oxygen atoms in total. The maximum absolute atomic E-state index is 12.4. The van der Waals surface area contributed by atoms with Gasteiger partial charge in [-0.3, -0.25) is 9.59 Å². The van der Waals surface area contributed by atoms with Crippen LogP contribution < -0.4 is 5.32 Å². The van der Waals surface area contributed by atoms with Gasteiger partial charge in [0.15, 0.2) is 5.78 Å². The van der Waals surface area contributed by atoms with Crippen LogP contribution in [0.1, 0.15) is 28.4 Å². The second kappa shape index (κ2) is 9.48. The van der Waals surface area contributed by atoms with Gasteiger partial charge in [0, 0.05) is 24.2 Å². The van der Waals surface area contributed by atoms with Crippen LogP contribution in [0.5, 0.6) is 0 Å². The summed E-state index contributed by atoms with van der Waals surface area (Å²) in [5, 5.41) is 11.7. The van der Waals surface area contributed by atoms with E-state index in [0.717, 1.165) is 0 Å². The van der Waals surface area contributed by atoms with E-state index in [4.69, 9.17) is 4.74 Å². The second-order valence-electron chi connectivity index (χ2n) is 5.69. The minimum Gasteiger partial charge on any atom is -0.480 e. The van der Waals surface area contributed by atoms with Crippen LogP contribution >= 0.6 is 0 Å². The summed E-state index contributed by atoms with van der Waals surface area (Å²) in [6.07, 6.45) is 0.118. The van der Waals surface area contributed by atoms with Crippen molar-refractivity contribution in [3.05, 3.63) is 71.3 Å². The van der Waals surface area contributed by atoms with Gasteiger partial charge in [0.2, 0.25) is 5.91 Å². The SMILES string of the molecule is CCOCC(=O)N[C@H](Cc1ccc(C(=O)c2ccccc2)cc1)C(=O)O. The Balaban J connectivity index is 2.03. The van der Waals surface area contributed by atoms with Crippen LogP contribution in [0.4, 0.5) is 0 Å². The molecule has 0 radical (unpaired) electrons. The molecule has 136 valence electrons. The predicted octanol–water partition coefficient (Wildman–Crippen LogP) is 2.07. The van der Waals surface area contributed by atoms with Gasteiger partial charge in [0.25, 0.3) is 0 Å². The normalized spacial score (nSPS) is 11.6. The number of ether oxygens (including phenoxy) is 1. The molecular weight excluding hydrogens is 334 g/mol. The third kappa shape index (κ3) is 5.53. The fourth-order valence-corrected chi connectivity index (χ4v) is 2.41. The van der Waals surface area contributed by atoms with Crippen molar-refractivity contribution in [2.75, 3.05) is 13.2 Å². The van der Waals surface area contributed by atoms with Gasteiger partial charge >= 0.3 is 5.97 Å². The molecule has 1 amide bonds. The molecule has 0 aliphatic heterocycles. The van der Waals surface area contributed by atoms with Crippen molar-refractivity contribution < 1.29 is 24.2 Å². The van der Waals surface area contributed by atoms with Crippen LogP contribution in [0.15, 0.2) is 54.6 Å². The molecule has 0 bridgehead atoms. The number of hydrogen-bond donors (Lipinski definition) is 2. The molecule has 2 aromatic carbocycles. The largest absolute Gasteiger partial charge is 0.480 e. The Labute approximate surface area is 151 Å². The molecule has 2 aromatic rings. The van der Waals surface area contributed by atoms with Gasteiger partial charge in [-0.15, -0.1) is 0 Å². The fraction of sp³-hybridized carbons (Fsp3) is 0.250. The average Bonchev–Trinajstić information content (AvgIpc) is 2.66. The number of amides is 1. The van der Waals surface area contributed by atoms with Crippen LogP contribution in [0.3, 0.4) is 0 Å². The number of nitrogens with one attached hydrogen (secondary N) is 1. The topological polar surface area (TPSA) is 92.7 Å². The number of carbonyl (C=O) groups excluding carboxylic acids is 2. The number of ketones is 1. The first kappa shape index (κ1) is 19.3. The Hall–Kier alpha value is -2.99. The number of benzene rings is 2. The number of carboxylic acids is 1. The molecule has 0 spiro atoms. The Morgan fingerprint density at radius 1 is 1.00 bits per heavy atom. The predicted molar refractivity (Wildman–Crippen MR) is 96.1 cm³/mol. The molecule has 0 saturated heterocycles. The maximum Gasteiger partial charge on any atom is 0.326 e. The molecule has 0 aromatic heterocycles. The Morgan fingerprint density at radius 3 is 2.19 bits per heavy atom. The summed E-state index contributed by atoms with van der Waals surface area (Å²) < 4.78 is 4.97. The molecule has 6 heteroatoms. The van der Waals surface area contributed by atoms with Gasteiger partial charge in [0.05, 0.1) is 0 Å². The molecule has 0 aliphatic carbocycles. The highest BCUT2D eigenvalue weighted by Crippen LogP contribution is 2.12. The van der Waals surface area contributed by atoms with E-state index in [1.165, 1.54) is 0 Å². The Bertz CT molecular complexity index is 756. The summed E-state index contributed by atoms with van der Waals surface area (Å²) in [4.78, 5) is 35.4. The monoisotopic (exact) mass is 355 g/mol. The third-order valence-electron chi connectivity index (χ3n) is 3.76. The van der Waals surface area contributed by atoms with Crippen molar-refractivity contribution in [2.24, 2.45) is 0 Å². The van der Waals surface area contributed by atoms with E-state index in [-0.39, 0.29) is 18.8 Å². The van der Waals surface area contributed by atoms with Crippen molar-refractivity contribution in [3.63, 3.8) is 0 Å². The zero-order valence-corrected chi connectivity index (χ0v) is 14.5. The summed E-state index contributed by atoms with van der Waals surface area (Å²) in [6.45, 7) is 1.95. The smallest absolute Gasteiger partial charge is 0.326 e. The molecule has 26 heavy (non-hydrogen) atoms. The minimum absolute atomic E-state index is 0.100. The molecule has 2 N–H and O–H groups in total. The van der Waals surface area contributed by atoms with Crippen molar-refractivity contribution >= 4 is 17.7 Å². The zero-order valence-electron chi connectivity index (χ0n) is 14.5. The highest BCUT2D eigenvalue weighted by Gasteiger charge is 2.20. The lowest BCUT2D eigenvalue weighted by molar-refractivity contribution is -0.142. The summed E-state index contributed by atoms with van der Waals surface area (Å²) in [5.74, 6) is -1.70. The van der Waals surface area contributed by atoms with E-state index in [2.05, 4.69) is 5.32 Å². The molecule has 0 heterocycles. The number of hydrogen-bond acceptors (Lipinski definition) is 4.